The summed E-state index contributed by atoms with van der Waals surface area (Å²) in [5, 5.41) is 9.00. The summed E-state index contributed by atoms with van der Waals surface area (Å²) in [6.45, 7) is 6.33. The van der Waals surface area contributed by atoms with Crippen molar-refractivity contribution in [1.29, 1.82) is 0 Å². The highest BCUT2D eigenvalue weighted by Crippen LogP contribution is 2.34. The largest absolute Gasteiger partial charge is 0.478 e. The number of amides is 1. The number of benzene rings is 2. The van der Waals surface area contributed by atoms with Crippen molar-refractivity contribution in [2.75, 3.05) is 6.54 Å². The SMILES string of the molecule is CC(C)(C)OC(=O)N1CCC[C@H]1c1ccc(-c2ccc(C(=O)O)cc2)cc1. The fourth-order valence-corrected chi connectivity index (χ4v) is 3.36. The molecule has 0 radical (unpaired) electrons. The van der Waals surface area contributed by atoms with E-state index in [-0.39, 0.29) is 17.7 Å². The summed E-state index contributed by atoms with van der Waals surface area (Å²) in [5.41, 5.74) is 2.83. The third kappa shape index (κ3) is 4.48. The fraction of sp³-hybridized carbons (Fsp3) is 0.364. The lowest BCUT2D eigenvalue weighted by Crippen LogP contribution is -2.36. The fourth-order valence-electron chi connectivity index (χ4n) is 3.36. The normalized spacial score (nSPS) is 17.0. The van der Waals surface area contributed by atoms with Crippen molar-refractivity contribution >= 4 is 12.1 Å². The number of carbonyl (C=O) groups is 2. The molecule has 0 unspecified atom stereocenters. The number of carbonyl (C=O) groups excluding carboxylic acids is 1. The molecule has 1 heterocycles. The van der Waals surface area contributed by atoms with Gasteiger partial charge in [0.1, 0.15) is 5.60 Å². The Balaban J connectivity index is 1.76. The van der Waals surface area contributed by atoms with Crippen LogP contribution in [0.5, 0.6) is 0 Å². The van der Waals surface area contributed by atoms with Crippen LogP contribution in [-0.2, 0) is 4.74 Å². The van der Waals surface area contributed by atoms with Gasteiger partial charge in [-0.05, 0) is 62.4 Å². The number of rotatable bonds is 3. The second-order valence-electron chi connectivity index (χ2n) is 7.84. The molecule has 5 nitrogen and oxygen atoms in total. The molecule has 1 aliphatic rings. The first-order valence-corrected chi connectivity index (χ1v) is 9.18. The van der Waals surface area contributed by atoms with Gasteiger partial charge in [-0.2, -0.15) is 0 Å². The Hall–Kier alpha value is -2.82. The Bertz CT molecular complexity index is 819. The van der Waals surface area contributed by atoms with Gasteiger partial charge >= 0.3 is 12.1 Å². The van der Waals surface area contributed by atoms with Crippen LogP contribution in [0.3, 0.4) is 0 Å². The molecule has 1 N–H and O–H groups in total. The van der Waals surface area contributed by atoms with Crippen molar-refractivity contribution in [2.24, 2.45) is 0 Å². The highest BCUT2D eigenvalue weighted by Gasteiger charge is 2.33. The van der Waals surface area contributed by atoms with Gasteiger partial charge in [0.25, 0.3) is 0 Å². The summed E-state index contributed by atoms with van der Waals surface area (Å²) in [6.07, 6.45) is 1.62. The Morgan fingerprint density at radius 1 is 1.00 bits per heavy atom. The van der Waals surface area contributed by atoms with E-state index in [0.29, 0.717) is 6.54 Å². The maximum Gasteiger partial charge on any atom is 0.410 e. The lowest BCUT2D eigenvalue weighted by Gasteiger charge is -2.29. The van der Waals surface area contributed by atoms with Crippen molar-refractivity contribution in [3.05, 3.63) is 59.7 Å². The van der Waals surface area contributed by atoms with Gasteiger partial charge in [-0.1, -0.05) is 36.4 Å². The maximum atomic E-state index is 12.5. The van der Waals surface area contributed by atoms with Crippen LogP contribution in [-0.4, -0.2) is 34.2 Å². The van der Waals surface area contributed by atoms with Crippen LogP contribution in [0.25, 0.3) is 11.1 Å². The van der Waals surface area contributed by atoms with E-state index in [4.69, 9.17) is 9.84 Å². The lowest BCUT2D eigenvalue weighted by atomic mass is 9.99. The molecule has 27 heavy (non-hydrogen) atoms. The summed E-state index contributed by atoms with van der Waals surface area (Å²) < 4.78 is 5.54. The third-order valence-corrected chi connectivity index (χ3v) is 4.64. The zero-order valence-corrected chi connectivity index (χ0v) is 15.9. The lowest BCUT2D eigenvalue weighted by molar-refractivity contribution is 0.0224. The Kier molecular flexibility index (Phi) is 5.22. The molecule has 3 rings (SSSR count). The zero-order chi connectivity index (χ0) is 19.6. The summed E-state index contributed by atoms with van der Waals surface area (Å²) in [6, 6.07) is 14.9. The number of ether oxygens (including phenoxy) is 1. The Morgan fingerprint density at radius 3 is 2.07 bits per heavy atom. The molecular weight excluding hydrogens is 342 g/mol. The molecule has 2 aromatic carbocycles. The van der Waals surface area contributed by atoms with Gasteiger partial charge in [0, 0.05) is 6.54 Å². The third-order valence-electron chi connectivity index (χ3n) is 4.64. The van der Waals surface area contributed by atoms with Gasteiger partial charge in [0.2, 0.25) is 0 Å². The molecule has 0 aliphatic carbocycles. The first kappa shape index (κ1) is 19.0. The van der Waals surface area contributed by atoms with E-state index >= 15 is 0 Å². The molecule has 1 aliphatic heterocycles. The Morgan fingerprint density at radius 2 is 1.56 bits per heavy atom. The van der Waals surface area contributed by atoms with Crippen molar-refractivity contribution in [3.63, 3.8) is 0 Å². The van der Waals surface area contributed by atoms with E-state index in [1.165, 1.54) is 0 Å². The summed E-state index contributed by atoms with van der Waals surface area (Å²) in [5.74, 6) is -0.930. The predicted molar refractivity (Wildman–Crippen MR) is 104 cm³/mol. The highest BCUT2D eigenvalue weighted by atomic mass is 16.6. The highest BCUT2D eigenvalue weighted by molar-refractivity contribution is 5.88. The summed E-state index contributed by atoms with van der Waals surface area (Å²) >= 11 is 0. The molecule has 1 saturated heterocycles. The average Bonchev–Trinajstić information content (AvgIpc) is 3.10. The maximum absolute atomic E-state index is 12.5. The van der Waals surface area contributed by atoms with E-state index in [1.807, 2.05) is 49.9 Å². The van der Waals surface area contributed by atoms with Crippen molar-refractivity contribution in [1.82, 2.24) is 4.90 Å². The number of carboxylic acids is 1. The molecule has 0 aromatic heterocycles. The summed E-state index contributed by atoms with van der Waals surface area (Å²) in [4.78, 5) is 25.3. The van der Waals surface area contributed by atoms with Gasteiger partial charge < -0.3 is 14.7 Å². The number of likely N-dealkylation sites (tertiary alicyclic amines) is 1. The average molecular weight is 367 g/mol. The number of hydrogen-bond donors (Lipinski definition) is 1. The van der Waals surface area contributed by atoms with Gasteiger partial charge in [-0.15, -0.1) is 0 Å². The second kappa shape index (κ2) is 7.43. The van der Waals surface area contributed by atoms with Crippen molar-refractivity contribution in [3.8, 4) is 11.1 Å². The number of hydrogen-bond acceptors (Lipinski definition) is 3. The Labute approximate surface area is 159 Å². The molecular formula is C22H25NO4. The minimum absolute atomic E-state index is 0.0308. The summed E-state index contributed by atoms with van der Waals surface area (Å²) in [7, 11) is 0. The van der Waals surface area contributed by atoms with Crippen LogP contribution in [0.2, 0.25) is 0 Å². The molecule has 0 saturated carbocycles. The van der Waals surface area contributed by atoms with E-state index < -0.39 is 11.6 Å². The van der Waals surface area contributed by atoms with E-state index in [0.717, 1.165) is 29.5 Å². The van der Waals surface area contributed by atoms with E-state index in [2.05, 4.69) is 0 Å². The second-order valence-corrected chi connectivity index (χ2v) is 7.84. The number of carboxylic acid groups (broad SMARTS) is 1. The minimum Gasteiger partial charge on any atom is -0.478 e. The first-order chi connectivity index (χ1) is 12.7. The quantitative estimate of drug-likeness (QED) is 0.817. The zero-order valence-electron chi connectivity index (χ0n) is 15.9. The van der Waals surface area contributed by atoms with Crippen LogP contribution in [0.4, 0.5) is 4.79 Å². The van der Waals surface area contributed by atoms with Gasteiger partial charge in [-0.3, -0.25) is 0 Å². The van der Waals surface area contributed by atoms with Crippen LogP contribution in [0.1, 0.15) is 55.6 Å². The molecule has 0 bridgehead atoms. The van der Waals surface area contributed by atoms with Crippen LogP contribution < -0.4 is 0 Å². The molecule has 142 valence electrons. The molecule has 0 spiro atoms. The molecule has 1 atom stereocenters. The van der Waals surface area contributed by atoms with Gasteiger partial charge in [0.05, 0.1) is 11.6 Å². The predicted octanol–water partition coefficient (Wildman–Crippen LogP) is 5.12. The van der Waals surface area contributed by atoms with Crippen LogP contribution >= 0.6 is 0 Å². The molecule has 1 fully saturated rings. The van der Waals surface area contributed by atoms with Gasteiger partial charge in [0.15, 0.2) is 0 Å². The van der Waals surface area contributed by atoms with E-state index in [9.17, 15) is 9.59 Å². The van der Waals surface area contributed by atoms with Crippen LogP contribution in [0.15, 0.2) is 48.5 Å². The topological polar surface area (TPSA) is 66.8 Å². The van der Waals surface area contributed by atoms with E-state index in [1.54, 1.807) is 24.3 Å². The standard InChI is InChI=1S/C22H25NO4/c1-22(2,3)27-21(26)23-14-4-5-19(23)17-10-6-15(7-11-17)16-8-12-18(13-9-16)20(24)25/h6-13,19H,4-5,14H2,1-3H3,(H,24,25)/t19-/m0/s1. The minimum atomic E-state index is -0.930. The molecule has 1 amide bonds. The number of nitrogens with zero attached hydrogens (tertiary/aromatic N) is 1. The molecule has 2 aromatic rings. The van der Waals surface area contributed by atoms with Gasteiger partial charge in [-0.25, -0.2) is 9.59 Å². The first-order valence-electron chi connectivity index (χ1n) is 9.18. The van der Waals surface area contributed by atoms with Crippen LogP contribution in [0, 0.1) is 0 Å². The molecule has 5 heteroatoms. The smallest absolute Gasteiger partial charge is 0.410 e. The van der Waals surface area contributed by atoms with Crippen molar-refractivity contribution in [2.45, 2.75) is 45.3 Å². The monoisotopic (exact) mass is 367 g/mol. The number of aromatic carboxylic acids is 1. The van der Waals surface area contributed by atoms with Crippen molar-refractivity contribution < 1.29 is 19.4 Å².